The maximum Gasteiger partial charge on any atom is 0.198 e. The summed E-state index contributed by atoms with van der Waals surface area (Å²) in [7, 11) is 0. The van der Waals surface area contributed by atoms with Gasteiger partial charge in [-0.3, -0.25) is 9.59 Å². The fraction of sp³-hybridized carbons (Fsp3) is 0.364. The molecular weight excluding hydrogens is 392 g/mol. The minimum absolute atomic E-state index is 0.00615. The number of ketones is 2. The Labute approximate surface area is 171 Å². The molecule has 0 aromatic heterocycles. The van der Waals surface area contributed by atoms with E-state index in [0.717, 1.165) is 0 Å². The summed E-state index contributed by atoms with van der Waals surface area (Å²) in [5, 5.41) is 44.0. The molecule has 4 N–H and O–H groups in total. The number of aromatic hydroxyl groups is 2. The summed E-state index contributed by atoms with van der Waals surface area (Å²) >= 11 is 0. The van der Waals surface area contributed by atoms with Crippen LogP contribution in [-0.4, -0.2) is 56.6 Å². The lowest BCUT2D eigenvalue weighted by molar-refractivity contribution is -0.269. The van der Waals surface area contributed by atoms with Crippen LogP contribution in [0.4, 0.5) is 0 Å². The number of hydrogen-bond acceptors (Lipinski definition) is 8. The van der Waals surface area contributed by atoms with Gasteiger partial charge in [-0.1, -0.05) is 24.3 Å². The Morgan fingerprint density at radius 2 is 1.50 bits per heavy atom. The molecule has 1 aliphatic heterocycles. The van der Waals surface area contributed by atoms with Gasteiger partial charge in [-0.2, -0.15) is 0 Å². The maximum atomic E-state index is 13.1. The first-order valence-corrected chi connectivity index (χ1v) is 9.66. The predicted molar refractivity (Wildman–Crippen MR) is 102 cm³/mol. The van der Waals surface area contributed by atoms with Crippen molar-refractivity contribution in [2.45, 2.75) is 37.3 Å². The van der Waals surface area contributed by atoms with Crippen molar-refractivity contribution in [3.05, 3.63) is 57.6 Å². The quantitative estimate of drug-likeness (QED) is 0.440. The van der Waals surface area contributed by atoms with Gasteiger partial charge in [0.05, 0.1) is 30.4 Å². The lowest BCUT2D eigenvalue weighted by Crippen LogP contribution is -2.57. The van der Waals surface area contributed by atoms with Crippen molar-refractivity contribution in [2.75, 3.05) is 13.2 Å². The average molecular weight is 412 g/mol. The van der Waals surface area contributed by atoms with Crippen molar-refractivity contribution >= 4 is 11.6 Å². The van der Waals surface area contributed by atoms with Crippen molar-refractivity contribution in [2.24, 2.45) is 0 Å². The molecule has 0 amide bonds. The van der Waals surface area contributed by atoms with Crippen molar-refractivity contribution in [3.63, 3.8) is 0 Å². The normalized spacial score (nSPS) is 26.8. The second-order valence-corrected chi connectivity index (χ2v) is 8.11. The zero-order valence-corrected chi connectivity index (χ0v) is 16.1. The minimum atomic E-state index is -1.73. The van der Waals surface area contributed by atoms with Crippen LogP contribution in [0.15, 0.2) is 24.3 Å². The Bertz CT molecular complexity index is 1110. The van der Waals surface area contributed by atoms with Crippen molar-refractivity contribution < 1.29 is 39.5 Å². The van der Waals surface area contributed by atoms with E-state index in [4.69, 9.17) is 9.47 Å². The van der Waals surface area contributed by atoms with Gasteiger partial charge in [0, 0.05) is 35.1 Å². The largest absolute Gasteiger partial charge is 0.507 e. The molecule has 8 nitrogen and oxygen atoms in total. The molecule has 2 atom stereocenters. The Balaban J connectivity index is 1.73. The second-order valence-electron chi connectivity index (χ2n) is 8.11. The molecule has 0 bridgehead atoms. The van der Waals surface area contributed by atoms with E-state index in [2.05, 4.69) is 0 Å². The minimum Gasteiger partial charge on any atom is -0.507 e. The highest BCUT2D eigenvalue weighted by Gasteiger charge is 2.56. The number of hydrogen-bond donors (Lipinski definition) is 4. The summed E-state index contributed by atoms with van der Waals surface area (Å²) in [5.74, 6) is -3.75. The fourth-order valence-corrected chi connectivity index (χ4v) is 4.84. The first kappa shape index (κ1) is 19.2. The SMILES string of the molecule is CC1([C@]2(O)Cc3c(O)c4c(c(O)c3[C@@H](O)C2)C(=O)c2ccccc2C4=O)OCCO1. The summed E-state index contributed by atoms with van der Waals surface area (Å²) < 4.78 is 11.1. The average Bonchev–Trinajstić information content (AvgIpc) is 3.17. The lowest BCUT2D eigenvalue weighted by Gasteiger charge is -2.45. The number of carbonyl (C=O) groups is 2. The maximum absolute atomic E-state index is 13.1. The zero-order chi connectivity index (χ0) is 21.4. The third-order valence-electron chi connectivity index (χ3n) is 6.48. The van der Waals surface area contributed by atoms with Crippen LogP contribution in [-0.2, 0) is 15.9 Å². The molecule has 0 unspecified atom stereocenters. The van der Waals surface area contributed by atoms with Crippen LogP contribution < -0.4 is 0 Å². The zero-order valence-electron chi connectivity index (χ0n) is 16.1. The van der Waals surface area contributed by atoms with Gasteiger partial charge in [-0.25, -0.2) is 0 Å². The van der Waals surface area contributed by atoms with E-state index in [1.807, 2.05) is 0 Å². The molecular formula is C22H20O8. The third-order valence-corrected chi connectivity index (χ3v) is 6.48. The number of rotatable bonds is 1. The van der Waals surface area contributed by atoms with Crippen LogP contribution >= 0.6 is 0 Å². The van der Waals surface area contributed by atoms with E-state index in [1.54, 1.807) is 12.1 Å². The van der Waals surface area contributed by atoms with Gasteiger partial charge in [-0.05, 0) is 6.92 Å². The molecule has 1 saturated heterocycles. The first-order chi connectivity index (χ1) is 14.2. The summed E-state index contributed by atoms with van der Waals surface area (Å²) in [5.41, 5.74) is -2.24. The van der Waals surface area contributed by atoms with Gasteiger partial charge in [0.25, 0.3) is 0 Å². The van der Waals surface area contributed by atoms with E-state index in [0.29, 0.717) is 0 Å². The van der Waals surface area contributed by atoms with Gasteiger partial charge >= 0.3 is 0 Å². The van der Waals surface area contributed by atoms with Crippen molar-refractivity contribution in [3.8, 4) is 11.5 Å². The van der Waals surface area contributed by atoms with E-state index >= 15 is 0 Å². The monoisotopic (exact) mass is 412 g/mol. The summed E-state index contributed by atoms with van der Waals surface area (Å²) in [4.78, 5) is 26.1. The lowest BCUT2D eigenvalue weighted by atomic mass is 9.71. The second kappa shape index (κ2) is 6.12. The molecule has 0 spiro atoms. The standard InChI is InChI=1S/C22H20O8/c1-21(29-6-7-30-21)22(28)8-12-14(13(23)9-22)20(27)16-15(19(12)26)17(24)10-4-2-3-5-11(10)18(16)25/h2-5,13,23,26-28H,6-9H2,1H3/t13-,22-/m0/s1. The van der Waals surface area contributed by atoms with Gasteiger partial charge in [-0.15, -0.1) is 0 Å². The van der Waals surface area contributed by atoms with Crippen molar-refractivity contribution in [1.82, 2.24) is 0 Å². The van der Waals surface area contributed by atoms with Crippen LogP contribution in [0.25, 0.3) is 0 Å². The Hall–Kier alpha value is -2.78. The number of phenolic OH excluding ortho intramolecular Hbond substituents is 2. The molecule has 2 aromatic rings. The van der Waals surface area contributed by atoms with Crippen LogP contribution in [0.3, 0.4) is 0 Å². The van der Waals surface area contributed by atoms with Crippen LogP contribution in [0, 0.1) is 0 Å². The topological polar surface area (TPSA) is 134 Å². The van der Waals surface area contributed by atoms with Crippen LogP contribution in [0.2, 0.25) is 0 Å². The number of benzene rings is 2. The fourth-order valence-electron chi connectivity index (χ4n) is 4.84. The highest BCUT2D eigenvalue weighted by atomic mass is 16.7. The first-order valence-electron chi connectivity index (χ1n) is 9.66. The van der Waals surface area contributed by atoms with E-state index in [-0.39, 0.29) is 59.4 Å². The number of ether oxygens (including phenoxy) is 2. The number of aliphatic hydroxyl groups excluding tert-OH is 1. The number of phenols is 2. The molecule has 0 radical (unpaired) electrons. The number of fused-ring (bicyclic) bond motifs is 3. The van der Waals surface area contributed by atoms with E-state index < -0.39 is 40.6 Å². The summed E-state index contributed by atoms with van der Waals surface area (Å²) in [6.07, 6.45) is -1.91. The van der Waals surface area contributed by atoms with Gasteiger partial charge in [0.2, 0.25) is 0 Å². The van der Waals surface area contributed by atoms with Gasteiger partial charge in [0.1, 0.15) is 17.1 Å². The van der Waals surface area contributed by atoms with Crippen LogP contribution in [0.1, 0.15) is 62.4 Å². The Kier molecular flexibility index (Phi) is 3.91. The molecule has 30 heavy (non-hydrogen) atoms. The highest BCUT2D eigenvalue weighted by molar-refractivity contribution is 6.30. The van der Waals surface area contributed by atoms with Crippen LogP contribution in [0.5, 0.6) is 11.5 Å². The summed E-state index contributed by atoms with van der Waals surface area (Å²) in [6.45, 7) is 2.05. The Morgan fingerprint density at radius 3 is 2.07 bits per heavy atom. The third kappa shape index (κ3) is 2.30. The molecule has 2 aromatic carbocycles. The molecule has 2 aliphatic carbocycles. The number of carbonyl (C=O) groups excluding carboxylic acids is 2. The summed E-state index contributed by atoms with van der Waals surface area (Å²) in [6, 6.07) is 6.14. The smallest absolute Gasteiger partial charge is 0.198 e. The number of aliphatic hydroxyl groups is 2. The van der Waals surface area contributed by atoms with E-state index in [9.17, 15) is 30.0 Å². The molecule has 5 rings (SSSR count). The van der Waals surface area contributed by atoms with Crippen molar-refractivity contribution in [1.29, 1.82) is 0 Å². The predicted octanol–water partition coefficient (Wildman–Crippen LogP) is 1.35. The molecule has 3 aliphatic rings. The molecule has 8 heteroatoms. The molecule has 0 saturated carbocycles. The van der Waals surface area contributed by atoms with Gasteiger partial charge < -0.3 is 29.9 Å². The molecule has 1 fully saturated rings. The van der Waals surface area contributed by atoms with E-state index in [1.165, 1.54) is 19.1 Å². The highest BCUT2D eigenvalue weighted by Crippen LogP contribution is 2.53. The Morgan fingerprint density at radius 1 is 0.967 bits per heavy atom. The molecule has 1 heterocycles. The van der Waals surface area contributed by atoms with Gasteiger partial charge in [0.15, 0.2) is 17.4 Å². The molecule has 156 valence electrons.